The lowest BCUT2D eigenvalue weighted by molar-refractivity contribution is 0.0314. The molecule has 0 amide bonds. The molecule has 3 nitrogen and oxygen atoms in total. The standard InChI is InChI=1S/C24H31ClN2O.2ClH/c25-23-7-5-21(6-8-23)24-4-2-1-3-22(24)19-20-9-11-26(12-10-20)13-14-27-15-17-28-18-16-27;;/h1-8,20H,9-19H2;2*1H. The first-order chi connectivity index (χ1) is 13.8. The van der Waals surface area contributed by atoms with Gasteiger partial charge in [-0.1, -0.05) is 48.0 Å². The molecule has 2 fully saturated rings. The summed E-state index contributed by atoms with van der Waals surface area (Å²) in [5.74, 6) is 0.785. The van der Waals surface area contributed by atoms with Gasteiger partial charge in [0.1, 0.15) is 0 Å². The van der Waals surface area contributed by atoms with Crippen LogP contribution in [0.1, 0.15) is 18.4 Å². The van der Waals surface area contributed by atoms with Gasteiger partial charge in [-0.3, -0.25) is 4.90 Å². The molecular formula is C24H33Cl3N2O. The molecule has 0 N–H and O–H groups in total. The average molecular weight is 472 g/mol. The number of nitrogens with zero attached hydrogens (tertiary/aromatic N) is 2. The number of benzene rings is 2. The predicted octanol–water partition coefficient (Wildman–Crippen LogP) is 5.44. The molecule has 0 aliphatic carbocycles. The normalized spacial score (nSPS) is 18.4. The summed E-state index contributed by atoms with van der Waals surface area (Å²) in [7, 11) is 0. The minimum Gasteiger partial charge on any atom is -0.379 e. The second-order valence-electron chi connectivity index (χ2n) is 8.11. The Morgan fingerprint density at radius 1 is 0.800 bits per heavy atom. The van der Waals surface area contributed by atoms with Gasteiger partial charge in [0.15, 0.2) is 0 Å². The maximum Gasteiger partial charge on any atom is 0.0594 e. The van der Waals surface area contributed by atoms with E-state index in [-0.39, 0.29) is 24.8 Å². The van der Waals surface area contributed by atoms with Crippen LogP contribution in [0.15, 0.2) is 48.5 Å². The second kappa shape index (κ2) is 12.9. The van der Waals surface area contributed by atoms with Crippen LogP contribution in [0.3, 0.4) is 0 Å². The van der Waals surface area contributed by atoms with Gasteiger partial charge in [-0.25, -0.2) is 0 Å². The number of piperidine rings is 1. The molecule has 6 heteroatoms. The number of hydrogen-bond acceptors (Lipinski definition) is 3. The molecule has 0 unspecified atom stereocenters. The molecule has 2 aliphatic rings. The Balaban J connectivity index is 0.00000160. The van der Waals surface area contributed by atoms with E-state index in [1.165, 1.54) is 62.1 Å². The van der Waals surface area contributed by atoms with Crippen LogP contribution in [0, 0.1) is 5.92 Å². The van der Waals surface area contributed by atoms with Crippen molar-refractivity contribution in [3.63, 3.8) is 0 Å². The van der Waals surface area contributed by atoms with Crippen molar-refractivity contribution in [3.05, 3.63) is 59.1 Å². The van der Waals surface area contributed by atoms with Gasteiger partial charge in [0.2, 0.25) is 0 Å². The van der Waals surface area contributed by atoms with Crippen LogP contribution in [0.2, 0.25) is 5.02 Å². The van der Waals surface area contributed by atoms with Crippen molar-refractivity contribution < 1.29 is 4.74 Å². The summed E-state index contributed by atoms with van der Waals surface area (Å²) in [5.41, 5.74) is 4.09. The van der Waals surface area contributed by atoms with E-state index in [1.807, 2.05) is 12.1 Å². The van der Waals surface area contributed by atoms with Crippen LogP contribution in [-0.4, -0.2) is 62.3 Å². The Morgan fingerprint density at radius 3 is 2.07 bits per heavy atom. The van der Waals surface area contributed by atoms with E-state index in [0.717, 1.165) is 37.2 Å². The van der Waals surface area contributed by atoms with Gasteiger partial charge >= 0.3 is 0 Å². The first-order valence-corrected chi connectivity index (χ1v) is 11.0. The predicted molar refractivity (Wildman–Crippen MR) is 132 cm³/mol. The van der Waals surface area contributed by atoms with E-state index in [2.05, 4.69) is 46.2 Å². The highest BCUT2D eigenvalue weighted by Gasteiger charge is 2.21. The molecule has 2 heterocycles. The molecule has 2 saturated heterocycles. The molecule has 4 rings (SSSR count). The molecule has 0 spiro atoms. The van der Waals surface area contributed by atoms with Crippen LogP contribution >= 0.6 is 36.4 Å². The monoisotopic (exact) mass is 470 g/mol. The summed E-state index contributed by atoms with van der Waals surface area (Å²) in [5, 5.41) is 0.797. The summed E-state index contributed by atoms with van der Waals surface area (Å²) >= 11 is 6.07. The topological polar surface area (TPSA) is 15.7 Å². The van der Waals surface area contributed by atoms with Gasteiger partial charge in [0.25, 0.3) is 0 Å². The van der Waals surface area contributed by atoms with Crippen LogP contribution in [0.5, 0.6) is 0 Å². The van der Waals surface area contributed by atoms with Gasteiger partial charge in [-0.05, 0) is 67.1 Å². The highest BCUT2D eigenvalue weighted by molar-refractivity contribution is 6.30. The lowest BCUT2D eigenvalue weighted by Gasteiger charge is -2.34. The summed E-state index contributed by atoms with van der Waals surface area (Å²) < 4.78 is 5.45. The van der Waals surface area contributed by atoms with Crippen molar-refractivity contribution in [3.8, 4) is 11.1 Å². The quantitative estimate of drug-likeness (QED) is 0.558. The zero-order valence-electron chi connectivity index (χ0n) is 17.5. The molecule has 0 radical (unpaired) electrons. The number of hydrogen-bond donors (Lipinski definition) is 0. The minimum absolute atomic E-state index is 0. The molecule has 0 bridgehead atoms. The Labute approximate surface area is 198 Å². The van der Waals surface area contributed by atoms with Crippen LogP contribution < -0.4 is 0 Å². The Kier molecular flexibility index (Phi) is 10.9. The lowest BCUT2D eigenvalue weighted by Crippen LogP contribution is -2.43. The van der Waals surface area contributed by atoms with Crippen LogP contribution in [0.4, 0.5) is 0 Å². The summed E-state index contributed by atoms with van der Waals surface area (Å²) in [6.45, 7) is 8.85. The number of likely N-dealkylation sites (tertiary alicyclic amines) is 1. The number of morpholine rings is 1. The molecule has 0 atom stereocenters. The minimum atomic E-state index is 0. The fourth-order valence-corrected chi connectivity index (χ4v) is 4.57. The molecule has 0 aromatic heterocycles. The van der Waals surface area contributed by atoms with E-state index >= 15 is 0 Å². The van der Waals surface area contributed by atoms with Gasteiger partial charge in [0.05, 0.1) is 13.2 Å². The zero-order valence-corrected chi connectivity index (χ0v) is 19.9. The SMILES string of the molecule is Cl.Cl.Clc1ccc(-c2ccccc2CC2CCN(CCN3CCOCC3)CC2)cc1. The van der Waals surface area contributed by atoms with Crippen molar-refractivity contribution in [1.29, 1.82) is 0 Å². The number of rotatable bonds is 6. The Bertz CT molecular complexity index is 742. The second-order valence-corrected chi connectivity index (χ2v) is 8.54. The highest BCUT2D eigenvalue weighted by Crippen LogP contribution is 2.29. The molecule has 2 aliphatic heterocycles. The zero-order chi connectivity index (χ0) is 19.2. The third-order valence-electron chi connectivity index (χ3n) is 6.22. The smallest absolute Gasteiger partial charge is 0.0594 e. The maximum atomic E-state index is 6.07. The molecule has 0 saturated carbocycles. The van der Waals surface area contributed by atoms with Crippen molar-refractivity contribution in [1.82, 2.24) is 9.80 Å². The average Bonchev–Trinajstić information content (AvgIpc) is 2.75. The van der Waals surface area contributed by atoms with Crippen LogP contribution in [0.25, 0.3) is 11.1 Å². The van der Waals surface area contributed by atoms with Crippen molar-refractivity contribution in [2.45, 2.75) is 19.3 Å². The molecule has 2 aromatic carbocycles. The number of halogens is 3. The fraction of sp³-hybridized carbons (Fsp3) is 0.500. The van der Waals surface area contributed by atoms with Gasteiger partial charge in [-0.2, -0.15) is 0 Å². The Hall–Kier alpha value is -0.810. The van der Waals surface area contributed by atoms with Gasteiger partial charge < -0.3 is 9.64 Å². The van der Waals surface area contributed by atoms with Crippen molar-refractivity contribution in [2.24, 2.45) is 5.92 Å². The highest BCUT2D eigenvalue weighted by atomic mass is 35.5. The maximum absolute atomic E-state index is 6.07. The molecule has 166 valence electrons. The third-order valence-corrected chi connectivity index (χ3v) is 6.48. The van der Waals surface area contributed by atoms with Crippen molar-refractivity contribution in [2.75, 3.05) is 52.5 Å². The summed E-state index contributed by atoms with van der Waals surface area (Å²) in [4.78, 5) is 5.19. The molecule has 30 heavy (non-hydrogen) atoms. The first kappa shape index (κ1) is 25.5. The van der Waals surface area contributed by atoms with E-state index in [9.17, 15) is 0 Å². The third kappa shape index (κ3) is 7.12. The fourth-order valence-electron chi connectivity index (χ4n) is 4.44. The van der Waals surface area contributed by atoms with Gasteiger partial charge in [-0.15, -0.1) is 24.8 Å². The van der Waals surface area contributed by atoms with E-state index in [1.54, 1.807) is 0 Å². The van der Waals surface area contributed by atoms with E-state index in [4.69, 9.17) is 16.3 Å². The molecular weight excluding hydrogens is 439 g/mol. The van der Waals surface area contributed by atoms with Crippen LogP contribution in [-0.2, 0) is 11.2 Å². The number of ether oxygens (including phenoxy) is 1. The largest absolute Gasteiger partial charge is 0.379 e. The van der Waals surface area contributed by atoms with Crippen molar-refractivity contribution >= 4 is 36.4 Å². The first-order valence-electron chi connectivity index (χ1n) is 10.6. The van der Waals surface area contributed by atoms with Gasteiger partial charge in [0, 0.05) is 31.2 Å². The summed E-state index contributed by atoms with van der Waals surface area (Å²) in [6, 6.07) is 17.1. The van der Waals surface area contributed by atoms with E-state index < -0.39 is 0 Å². The molecule has 2 aromatic rings. The van der Waals surface area contributed by atoms with E-state index in [0.29, 0.717) is 0 Å². The lowest BCUT2D eigenvalue weighted by atomic mass is 9.87. The summed E-state index contributed by atoms with van der Waals surface area (Å²) in [6.07, 6.45) is 3.78. The Morgan fingerprint density at radius 2 is 1.40 bits per heavy atom.